The number of carbonyl (C=O) groups excluding carboxylic acids is 1. The van der Waals surface area contributed by atoms with E-state index >= 15 is 0 Å². The van der Waals surface area contributed by atoms with Crippen LogP contribution >= 0.6 is 11.6 Å². The molecule has 0 N–H and O–H groups in total. The van der Waals surface area contributed by atoms with E-state index in [-0.39, 0.29) is 5.78 Å². The second-order valence-electron chi connectivity index (χ2n) is 4.43. The van der Waals surface area contributed by atoms with Gasteiger partial charge >= 0.3 is 0 Å². The van der Waals surface area contributed by atoms with Crippen LogP contribution in [0.25, 0.3) is 6.08 Å². The maximum absolute atomic E-state index is 10.9. The number of benzene rings is 2. The van der Waals surface area contributed by atoms with Crippen molar-refractivity contribution in [3.8, 4) is 5.75 Å². The van der Waals surface area contributed by atoms with Crippen LogP contribution in [0.2, 0.25) is 5.02 Å². The van der Waals surface area contributed by atoms with Gasteiger partial charge in [0.25, 0.3) is 0 Å². The fourth-order valence-corrected chi connectivity index (χ4v) is 1.79. The lowest BCUT2D eigenvalue weighted by molar-refractivity contribution is -0.112. The number of allylic oxidation sites excluding steroid dienone is 1. The largest absolute Gasteiger partial charge is 0.489 e. The second-order valence-corrected chi connectivity index (χ2v) is 4.87. The van der Waals surface area contributed by atoms with Crippen molar-refractivity contribution in [2.45, 2.75) is 13.5 Å². The number of hydrogen-bond acceptors (Lipinski definition) is 2. The summed E-state index contributed by atoms with van der Waals surface area (Å²) in [7, 11) is 0. The third-order valence-electron chi connectivity index (χ3n) is 2.69. The molecule has 102 valence electrons. The molecule has 0 spiro atoms. The Kier molecular flexibility index (Phi) is 4.97. The average Bonchev–Trinajstić information content (AvgIpc) is 2.45. The van der Waals surface area contributed by atoms with Crippen LogP contribution in [0.1, 0.15) is 18.1 Å². The number of hydrogen-bond donors (Lipinski definition) is 0. The van der Waals surface area contributed by atoms with Crippen LogP contribution in [-0.4, -0.2) is 5.78 Å². The third-order valence-corrected chi connectivity index (χ3v) is 2.94. The van der Waals surface area contributed by atoms with Crippen LogP contribution in [-0.2, 0) is 11.4 Å². The van der Waals surface area contributed by atoms with Crippen molar-refractivity contribution in [1.82, 2.24) is 0 Å². The van der Waals surface area contributed by atoms with Crippen molar-refractivity contribution in [2.75, 3.05) is 0 Å². The molecule has 3 heteroatoms. The van der Waals surface area contributed by atoms with Crippen molar-refractivity contribution in [1.29, 1.82) is 0 Å². The molecule has 2 nitrogen and oxygen atoms in total. The third kappa shape index (κ3) is 4.56. The van der Waals surface area contributed by atoms with Crippen LogP contribution < -0.4 is 4.74 Å². The molecule has 0 atom stereocenters. The van der Waals surface area contributed by atoms with Gasteiger partial charge in [0, 0.05) is 5.02 Å². The van der Waals surface area contributed by atoms with Gasteiger partial charge in [0.15, 0.2) is 5.78 Å². The summed E-state index contributed by atoms with van der Waals surface area (Å²) in [5, 5.41) is 0.713. The Hall–Kier alpha value is -2.06. The Morgan fingerprint density at radius 3 is 2.65 bits per heavy atom. The van der Waals surface area contributed by atoms with E-state index < -0.39 is 0 Å². The quantitative estimate of drug-likeness (QED) is 0.755. The molecule has 0 unspecified atom stereocenters. The zero-order chi connectivity index (χ0) is 14.4. The van der Waals surface area contributed by atoms with E-state index in [1.54, 1.807) is 6.08 Å². The normalized spacial score (nSPS) is 10.7. The Balaban J connectivity index is 2.01. The molecule has 0 amide bonds. The molecule has 0 fully saturated rings. The number of ether oxygens (including phenoxy) is 1. The summed E-state index contributed by atoms with van der Waals surface area (Å²) < 4.78 is 5.72. The van der Waals surface area contributed by atoms with Gasteiger partial charge < -0.3 is 4.74 Å². The fraction of sp³-hybridized carbons (Fsp3) is 0.118. The summed E-state index contributed by atoms with van der Waals surface area (Å²) in [6.45, 7) is 2.01. The van der Waals surface area contributed by atoms with Gasteiger partial charge in [0.2, 0.25) is 0 Å². The molecule has 0 radical (unpaired) electrons. The van der Waals surface area contributed by atoms with Crippen LogP contribution in [0.4, 0.5) is 0 Å². The molecule has 0 saturated carbocycles. The molecule has 2 aromatic rings. The van der Waals surface area contributed by atoms with Crippen molar-refractivity contribution in [2.24, 2.45) is 0 Å². The molecule has 2 rings (SSSR count). The van der Waals surface area contributed by atoms with E-state index in [9.17, 15) is 4.79 Å². The van der Waals surface area contributed by atoms with Gasteiger partial charge in [-0.15, -0.1) is 0 Å². The predicted octanol–water partition coefficient (Wildman–Crippen LogP) is 4.52. The molecule has 20 heavy (non-hydrogen) atoms. The highest BCUT2D eigenvalue weighted by molar-refractivity contribution is 6.30. The Morgan fingerprint density at radius 1 is 1.20 bits per heavy atom. The minimum Gasteiger partial charge on any atom is -0.489 e. The van der Waals surface area contributed by atoms with Gasteiger partial charge in [0.1, 0.15) is 12.4 Å². The first-order valence-corrected chi connectivity index (χ1v) is 6.67. The molecular formula is C17H15ClO2. The van der Waals surface area contributed by atoms with E-state index in [4.69, 9.17) is 16.3 Å². The lowest BCUT2D eigenvalue weighted by Crippen LogP contribution is -1.95. The fourth-order valence-electron chi connectivity index (χ4n) is 1.67. The molecule has 0 aromatic heterocycles. The Bertz CT molecular complexity index is 615. The summed E-state index contributed by atoms with van der Waals surface area (Å²) in [5.74, 6) is 0.795. The molecule has 0 saturated heterocycles. The van der Waals surface area contributed by atoms with Crippen LogP contribution in [0.5, 0.6) is 5.75 Å². The SMILES string of the molecule is CC(=O)/C=C/c1cccc(OCc2ccc(Cl)cc2)c1. The van der Waals surface area contributed by atoms with Gasteiger partial charge in [-0.1, -0.05) is 41.9 Å². The van der Waals surface area contributed by atoms with Crippen molar-refractivity contribution >= 4 is 23.5 Å². The highest BCUT2D eigenvalue weighted by atomic mass is 35.5. The van der Waals surface area contributed by atoms with Gasteiger partial charge in [0.05, 0.1) is 0 Å². The maximum atomic E-state index is 10.9. The molecule has 2 aromatic carbocycles. The lowest BCUT2D eigenvalue weighted by Gasteiger charge is -2.07. The zero-order valence-electron chi connectivity index (χ0n) is 11.2. The first kappa shape index (κ1) is 14.4. The summed E-state index contributed by atoms with van der Waals surface area (Å²) in [6.07, 6.45) is 3.32. The van der Waals surface area contributed by atoms with Gasteiger partial charge in [-0.05, 0) is 48.4 Å². The van der Waals surface area contributed by atoms with E-state index in [0.29, 0.717) is 11.6 Å². The highest BCUT2D eigenvalue weighted by Gasteiger charge is 1.97. The standard InChI is InChI=1S/C17H15ClO2/c1-13(19)5-6-14-3-2-4-17(11-14)20-12-15-7-9-16(18)10-8-15/h2-11H,12H2,1H3/b6-5+. The van der Waals surface area contributed by atoms with Gasteiger partial charge in [-0.3, -0.25) is 4.79 Å². The lowest BCUT2D eigenvalue weighted by atomic mass is 10.2. The average molecular weight is 287 g/mol. The first-order chi connectivity index (χ1) is 9.63. The Labute approximate surface area is 123 Å². The summed E-state index contributed by atoms with van der Waals surface area (Å²) in [4.78, 5) is 10.9. The summed E-state index contributed by atoms with van der Waals surface area (Å²) in [5.41, 5.74) is 1.99. The second kappa shape index (κ2) is 6.92. The molecule has 0 bridgehead atoms. The van der Waals surface area contributed by atoms with E-state index in [0.717, 1.165) is 16.9 Å². The number of rotatable bonds is 5. The van der Waals surface area contributed by atoms with Crippen LogP contribution in [0.15, 0.2) is 54.6 Å². The molecule has 0 aliphatic carbocycles. The van der Waals surface area contributed by atoms with E-state index in [1.165, 1.54) is 13.0 Å². The monoisotopic (exact) mass is 286 g/mol. The maximum Gasteiger partial charge on any atom is 0.152 e. The predicted molar refractivity (Wildman–Crippen MR) is 81.9 cm³/mol. The van der Waals surface area contributed by atoms with Crippen molar-refractivity contribution in [3.05, 3.63) is 70.8 Å². The molecule has 0 heterocycles. The smallest absolute Gasteiger partial charge is 0.152 e. The minimum atomic E-state index is 0.0254. The zero-order valence-corrected chi connectivity index (χ0v) is 11.9. The van der Waals surface area contributed by atoms with Crippen molar-refractivity contribution in [3.63, 3.8) is 0 Å². The Morgan fingerprint density at radius 2 is 1.95 bits per heavy atom. The first-order valence-electron chi connectivity index (χ1n) is 6.29. The molecular weight excluding hydrogens is 272 g/mol. The van der Waals surface area contributed by atoms with Crippen LogP contribution in [0, 0.1) is 0 Å². The van der Waals surface area contributed by atoms with Crippen LogP contribution in [0.3, 0.4) is 0 Å². The highest BCUT2D eigenvalue weighted by Crippen LogP contribution is 2.17. The van der Waals surface area contributed by atoms with Gasteiger partial charge in [-0.2, -0.15) is 0 Å². The minimum absolute atomic E-state index is 0.0254. The molecule has 0 aliphatic rings. The number of carbonyl (C=O) groups is 1. The van der Waals surface area contributed by atoms with Gasteiger partial charge in [-0.25, -0.2) is 0 Å². The number of halogens is 1. The van der Waals surface area contributed by atoms with E-state index in [2.05, 4.69) is 0 Å². The number of ketones is 1. The molecule has 0 aliphatic heterocycles. The summed E-state index contributed by atoms with van der Waals surface area (Å²) >= 11 is 5.83. The summed E-state index contributed by atoms with van der Waals surface area (Å²) in [6, 6.07) is 15.2. The topological polar surface area (TPSA) is 26.3 Å². The van der Waals surface area contributed by atoms with E-state index in [1.807, 2.05) is 48.5 Å². The van der Waals surface area contributed by atoms with Crippen molar-refractivity contribution < 1.29 is 9.53 Å².